The first-order chi connectivity index (χ1) is 8.38. The Kier molecular flexibility index (Phi) is 4.32. The Bertz CT molecular complexity index is 420. The molecule has 2 heterocycles. The maximum absolute atomic E-state index is 9.15. The van der Waals surface area contributed by atoms with Crippen LogP contribution in [0.5, 0.6) is 0 Å². The summed E-state index contributed by atoms with van der Waals surface area (Å²) < 4.78 is 0. The van der Waals surface area contributed by atoms with Crippen molar-refractivity contribution in [1.82, 2.24) is 0 Å². The fourth-order valence-electron chi connectivity index (χ4n) is 2.88. The lowest BCUT2D eigenvalue weighted by molar-refractivity contribution is -0.682. The van der Waals surface area contributed by atoms with Crippen LogP contribution in [-0.4, -0.2) is 24.3 Å². The van der Waals surface area contributed by atoms with Gasteiger partial charge in [-0.3, -0.25) is 4.99 Å². The second-order valence-electron chi connectivity index (χ2n) is 5.01. The lowest BCUT2D eigenvalue weighted by Crippen LogP contribution is -3.04. The predicted molar refractivity (Wildman–Crippen MR) is 66.6 cm³/mol. The number of nitrogens with zero attached hydrogens (tertiary/aromatic N) is 2. The third-order valence-corrected chi connectivity index (χ3v) is 3.97. The van der Waals surface area contributed by atoms with Crippen LogP contribution in [0.25, 0.3) is 0 Å². The summed E-state index contributed by atoms with van der Waals surface area (Å²) in [6.07, 6.45) is 12.2. The number of rotatable bonds is 2. The van der Waals surface area contributed by atoms with Crippen molar-refractivity contribution in [2.75, 3.05) is 6.61 Å². The third kappa shape index (κ3) is 2.41. The van der Waals surface area contributed by atoms with E-state index in [1.165, 1.54) is 16.3 Å². The molecule has 1 unspecified atom stereocenters. The summed E-state index contributed by atoms with van der Waals surface area (Å²) in [6, 6.07) is 0. The van der Waals surface area contributed by atoms with Gasteiger partial charge in [0.25, 0.3) is 0 Å². The Morgan fingerprint density at radius 3 is 2.78 bits per heavy atom. The van der Waals surface area contributed by atoms with Crippen LogP contribution in [0, 0.1) is 11.8 Å². The molecule has 1 saturated carbocycles. The van der Waals surface area contributed by atoms with E-state index in [9.17, 15) is 0 Å². The number of hydrogen-bond acceptors (Lipinski definition) is 3. The number of aliphatic hydroxyl groups excluding tert-OH is 1. The molecule has 0 bridgehead atoms. The van der Waals surface area contributed by atoms with Crippen LogP contribution in [0.4, 0.5) is 0 Å². The van der Waals surface area contributed by atoms with Gasteiger partial charge in [0.05, 0.1) is 12.4 Å². The van der Waals surface area contributed by atoms with E-state index in [-0.39, 0.29) is 12.4 Å². The minimum atomic E-state index is 0. The lowest BCUT2D eigenvalue weighted by atomic mass is 9.80. The molecule has 0 aromatic rings. The van der Waals surface area contributed by atoms with Gasteiger partial charge >= 0.3 is 0 Å². The highest BCUT2D eigenvalue weighted by Gasteiger charge is 2.31. The van der Waals surface area contributed by atoms with Crippen LogP contribution in [0.1, 0.15) is 25.7 Å². The van der Waals surface area contributed by atoms with Gasteiger partial charge in [0, 0.05) is 12.5 Å². The van der Waals surface area contributed by atoms with Gasteiger partial charge in [-0.05, 0) is 31.6 Å². The van der Waals surface area contributed by atoms with Crippen LogP contribution >= 0.6 is 0 Å². The average Bonchev–Trinajstić information content (AvgIpc) is 2.83. The first-order valence-corrected chi connectivity index (χ1v) is 6.34. The van der Waals surface area contributed by atoms with Crippen molar-refractivity contribution in [3.8, 4) is 0 Å². The van der Waals surface area contributed by atoms with Gasteiger partial charge in [-0.1, -0.05) is 0 Å². The SMILES string of the molecule is OCC1CCC(C2=C3C=NC=C[NH+]3C=N2)CC1.[Cl-]. The number of allylic oxidation sites excluding steroid dienone is 2. The van der Waals surface area contributed by atoms with Crippen molar-refractivity contribution in [3.63, 3.8) is 0 Å². The molecular weight excluding hydrogens is 250 g/mol. The number of hydrogen-bond donors (Lipinski definition) is 2. The van der Waals surface area contributed by atoms with Gasteiger partial charge < -0.3 is 17.5 Å². The van der Waals surface area contributed by atoms with Crippen molar-refractivity contribution < 1.29 is 22.4 Å². The molecule has 2 N–H and O–H groups in total. The van der Waals surface area contributed by atoms with Gasteiger partial charge in [0.2, 0.25) is 0 Å². The standard InChI is InChI=1S/C13H17N3O.ClH/c17-8-10-1-3-11(4-2-10)13-12-7-14-5-6-16(12)9-15-13;/h5-7,9-11,17H,1-4,8H2;1H. The normalized spacial score (nSPS) is 33.5. The van der Waals surface area contributed by atoms with Gasteiger partial charge in [-0.2, -0.15) is 0 Å². The zero-order chi connectivity index (χ0) is 11.7. The Hall–Kier alpha value is -0.970. The highest BCUT2D eigenvalue weighted by Crippen LogP contribution is 2.34. The molecule has 0 saturated heterocycles. The maximum atomic E-state index is 9.15. The quantitative estimate of drug-likeness (QED) is 0.570. The minimum absolute atomic E-state index is 0. The molecule has 1 atom stereocenters. The van der Waals surface area contributed by atoms with Crippen molar-refractivity contribution >= 4 is 12.6 Å². The second-order valence-corrected chi connectivity index (χ2v) is 5.01. The van der Waals surface area contributed by atoms with Crippen LogP contribution in [-0.2, 0) is 0 Å². The van der Waals surface area contributed by atoms with Gasteiger partial charge in [0.15, 0.2) is 12.0 Å². The van der Waals surface area contributed by atoms with Crippen molar-refractivity contribution in [2.45, 2.75) is 25.7 Å². The molecule has 1 aliphatic carbocycles. The van der Waals surface area contributed by atoms with E-state index >= 15 is 0 Å². The van der Waals surface area contributed by atoms with Crippen molar-refractivity contribution in [1.29, 1.82) is 0 Å². The topological polar surface area (TPSA) is 49.4 Å². The average molecular weight is 268 g/mol. The van der Waals surface area contributed by atoms with Crippen LogP contribution in [0.2, 0.25) is 0 Å². The molecule has 3 aliphatic rings. The number of aliphatic hydroxyl groups is 1. The number of halogens is 1. The Morgan fingerprint density at radius 2 is 2.06 bits per heavy atom. The zero-order valence-corrected chi connectivity index (χ0v) is 11.0. The first-order valence-electron chi connectivity index (χ1n) is 6.34. The van der Waals surface area contributed by atoms with E-state index in [1.807, 2.05) is 25.0 Å². The molecule has 4 nitrogen and oxygen atoms in total. The fraction of sp³-hybridized carbons (Fsp3) is 0.538. The van der Waals surface area contributed by atoms with Crippen LogP contribution < -0.4 is 17.3 Å². The summed E-state index contributed by atoms with van der Waals surface area (Å²) in [5, 5.41) is 9.15. The molecule has 98 valence electrons. The molecule has 3 rings (SSSR count). The van der Waals surface area contributed by atoms with E-state index in [1.54, 1.807) is 0 Å². The smallest absolute Gasteiger partial charge is 0.198 e. The number of quaternary nitrogens is 1. The molecule has 0 aromatic heterocycles. The maximum Gasteiger partial charge on any atom is 0.198 e. The number of nitrogens with one attached hydrogen (secondary N) is 1. The summed E-state index contributed by atoms with van der Waals surface area (Å²) in [5.41, 5.74) is 2.42. The summed E-state index contributed by atoms with van der Waals surface area (Å²) in [4.78, 5) is 9.95. The highest BCUT2D eigenvalue weighted by molar-refractivity contribution is 5.81. The zero-order valence-electron chi connectivity index (χ0n) is 10.2. The number of aliphatic imine (C=N–C) groups is 2. The molecule has 0 aromatic carbocycles. The van der Waals surface area contributed by atoms with E-state index in [2.05, 4.69) is 9.98 Å². The fourth-order valence-corrected chi connectivity index (χ4v) is 2.88. The Labute approximate surface area is 113 Å². The molecule has 0 radical (unpaired) electrons. The molecule has 2 aliphatic heterocycles. The van der Waals surface area contributed by atoms with Crippen LogP contribution in [0.15, 0.2) is 33.8 Å². The predicted octanol–water partition coefficient (Wildman–Crippen LogP) is -2.52. The van der Waals surface area contributed by atoms with Gasteiger partial charge in [-0.15, -0.1) is 0 Å². The second kappa shape index (κ2) is 5.78. The Morgan fingerprint density at radius 1 is 1.28 bits per heavy atom. The van der Waals surface area contributed by atoms with E-state index in [4.69, 9.17) is 5.11 Å². The third-order valence-electron chi connectivity index (χ3n) is 3.97. The highest BCUT2D eigenvalue weighted by atomic mass is 35.5. The van der Waals surface area contributed by atoms with Gasteiger partial charge in [0.1, 0.15) is 11.9 Å². The van der Waals surface area contributed by atoms with E-state index in [0.29, 0.717) is 18.4 Å². The monoisotopic (exact) mass is 267 g/mol. The van der Waals surface area contributed by atoms with Crippen molar-refractivity contribution in [2.24, 2.45) is 21.8 Å². The van der Waals surface area contributed by atoms with Gasteiger partial charge in [-0.25, -0.2) is 9.89 Å². The molecule has 18 heavy (non-hydrogen) atoms. The van der Waals surface area contributed by atoms with Crippen LogP contribution in [0.3, 0.4) is 0 Å². The van der Waals surface area contributed by atoms with E-state index < -0.39 is 0 Å². The Balaban J connectivity index is 0.00000120. The summed E-state index contributed by atoms with van der Waals surface area (Å²) in [6.45, 7) is 0.337. The summed E-state index contributed by atoms with van der Waals surface area (Å²) in [7, 11) is 0. The molecule has 0 spiro atoms. The minimum Gasteiger partial charge on any atom is -1.00 e. The summed E-state index contributed by atoms with van der Waals surface area (Å²) in [5.74, 6) is 1.06. The number of fused-ring (bicyclic) bond motifs is 1. The van der Waals surface area contributed by atoms with E-state index in [0.717, 1.165) is 25.7 Å². The largest absolute Gasteiger partial charge is 1.00 e. The first kappa shape index (κ1) is 13.5. The molecule has 5 heteroatoms. The molecular formula is C13H18ClN3O. The molecule has 0 amide bonds. The molecule has 1 fully saturated rings. The lowest BCUT2D eigenvalue weighted by Gasteiger charge is -2.26. The van der Waals surface area contributed by atoms with Crippen molar-refractivity contribution in [3.05, 3.63) is 23.8 Å². The summed E-state index contributed by atoms with van der Waals surface area (Å²) >= 11 is 0.